The zero-order chi connectivity index (χ0) is 20.0. The Kier molecular flexibility index (Phi) is 4.23. The van der Waals surface area contributed by atoms with Gasteiger partial charge in [-0.3, -0.25) is 0 Å². The minimum Gasteiger partial charge on any atom is -0.491 e. The van der Waals surface area contributed by atoms with Crippen molar-refractivity contribution in [2.45, 2.75) is 24.5 Å². The van der Waals surface area contributed by atoms with Gasteiger partial charge in [0.2, 0.25) is 0 Å². The first-order valence-corrected chi connectivity index (χ1v) is 9.03. The second-order valence-electron chi connectivity index (χ2n) is 6.82. The van der Waals surface area contributed by atoms with E-state index in [0.29, 0.717) is 22.6 Å². The van der Waals surface area contributed by atoms with Crippen LogP contribution in [0.15, 0.2) is 49.3 Å². The van der Waals surface area contributed by atoms with Crippen molar-refractivity contribution in [3.05, 3.63) is 49.3 Å². The van der Waals surface area contributed by atoms with E-state index in [1.807, 2.05) is 6.07 Å². The molecule has 10 nitrogen and oxygen atoms in total. The van der Waals surface area contributed by atoms with Crippen molar-refractivity contribution in [3.63, 3.8) is 0 Å². The SMILES string of the molecule is Nc1ncnc2c1ccn2[C@@H]1O[C@H](COc2ccc3cncnc3c2)[C@@H](O)[C@H]1O. The molecule has 0 aliphatic carbocycles. The van der Waals surface area contributed by atoms with Crippen molar-refractivity contribution in [1.82, 2.24) is 24.5 Å². The molecule has 5 rings (SSSR count). The number of nitrogen functional groups attached to an aromatic ring is 1. The van der Waals surface area contributed by atoms with Crippen LogP contribution >= 0.6 is 0 Å². The minimum absolute atomic E-state index is 0.0572. The molecule has 4 N–H and O–H groups in total. The highest BCUT2D eigenvalue weighted by atomic mass is 16.6. The number of aliphatic hydroxyl groups is 2. The number of rotatable bonds is 4. The third kappa shape index (κ3) is 3.03. The molecule has 1 saturated heterocycles. The number of nitrogens with two attached hydrogens (primary N) is 1. The molecule has 0 bridgehead atoms. The predicted molar refractivity (Wildman–Crippen MR) is 103 cm³/mol. The van der Waals surface area contributed by atoms with E-state index in [0.717, 1.165) is 10.9 Å². The van der Waals surface area contributed by atoms with Gasteiger partial charge in [0.15, 0.2) is 6.23 Å². The van der Waals surface area contributed by atoms with Gasteiger partial charge < -0.3 is 30.0 Å². The van der Waals surface area contributed by atoms with Gasteiger partial charge in [0.05, 0.1) is 10.9 Å². The second-order valence-corrected chi connectivity index (χ2v) is 6.82. The summed E-state index contributed by atoms with van der Waals surface area (Å²) in [6, 6.07) is 7.17. The second kappa shape index (κ2) is 6.92. The fraction of sp³-hybridized carbons (Fsp3) is 0.263. The molecule has 4 atom stereocenters. The average molecular weight is 394 g/mol. The summed E-state index contributed by atoms with van der Waals surface area (Å²) < 4.78 is 13.3. The highest BCUT2D eigenvalue weighted by Crippen LogP contribution is 2.33. The lowest BCUT2D eigenvalue weighted by atomic mass is 10.1. The molecule has 0 unspecified atom stereocenters. The van der Waals surface area contributed by atoms with E-state index in [4.69, 9.17) is 15.2 Å². The largest absolute Gasteiger partial charge is 0.491 e. The number of aliphatic hydroxyl groups excluding tert-OH is 2. The zero-order valence-electron chi connectivity index (χ0n) is 15.2. The van der Waals surface area contributed by atoms with E-state index < -0.39 is 24.5 Å². The third-order valence-electron chi connectivity index (χ3n) is 5.04. The van der Waals surface area contributed by atoms with Crippen LogP contribution in [0.3, 0.4) is 0 Å². The molecule has 1 aromatic carbocycles. The standard InChI is InChI=1S/C19H18N6O4/c20-17-12-3-4-25(18(12)24-9-23-17)19-16(27)15(26)14(29-19)7-28-11-2-1-10-6-21-8-22-13(10)5-11/h1-6,8-9,14-16,19,26-27H,7H2,(H2,20,23,24)/t14-,15-,16-,19-/m1/s1. The van der Waals surface area contributed by atoms with Crippen molar-refractivity contribution in [3.8, 4) is 5.75 Å². The van der Waals surface area contributed by atoms with E-state index in [-0.39, 0.29) is 6.61 Å². The van der Waals surface area contributed by atoms with Gasteiger partial charge in [0.25, 0.3) is 0 Å². The molecule has 1 aliphatic rings. The van der Waals surface area contributed by atoms with Gasteiger partial charge in [0.1, 0.15) is 54.8 Å². The fourth-order valence-electron chi connectivity index (χ4n) is 3.51. The number of anilines is 1. The number of benzene rings is 1. The number of hydrogen-bond acceptors (Lipinski definition) is 9. The summed E-state index contributed by atoms with van der Waals surface area (Å²) in [5, 5.41) is 22.5. The molecule has 0 saturated carbocycles. The first kappa shape index (κ1) is 17.7. The van der Waals surface area contributed by atoms with Gasteiger partial charge in [-0.1, -0.05) is 0 Å². The molecule has 1 aliphatic heterocycles. The van der Waals surface area contributed by atoms with E-state index in [1.54, 1.807) is 35.2 Å². The smallest absolute Gasteiger partial charge is 0.164 e. The number of hydrogen-bond donors (Lipinski definition) is 3. The maximum absolute atomic E-state index is 10.5. The quantitative estimate of drug-likeness (QED) is 0.455. The molecule has 148 valence electrons. The van der Waals surface area contributed by atoms with E-state index in [1.165, 1.54) is 12.7 Å². The van der Waals surface area contributed by atoms with Crippen LogP contribution in [0.5, 0.6) is 5.75 Å². The van der Waals surface area contributed by atoms with Crippen molar-refractivity contribution < 1.29 is 19.7 Å². The van der Waals surface area contributed by atoms with E-state index >= 15 is 0 Å². The van der Waals surface area contributed by atoms with E-state index in [9.17, 15) is 10.2 Å². The first-order valence-electron chi connectivity index (χ1n) is 9.03. The van der Waals surface area contributed by atoms with Crippen molar-refractivity contribution in [2.75, 3.05) is 12.3 Å². The van der Waals surface area contributed by atoms with Crippen molar-refractivity contribution >= 4 is 27.8 Å². The highest BCUT2D eigenvalue weighted by molar-refractivity contribution is 5.86. The summed E-state index contributed by atoms with van der Waals surface area (Å²) in [4.78, 5) is 16.3. The average Bonchev–Trinajstić information content (AvgIpc) is 3.29. The molecule has 3 aromatic heterocycles. The predicted octanol–water partition coefficient (Wildman–Crippen LogP) is 0.655. The lowest BCUT2D eigenvalue weighted by Gasteiger charge is -2.17. The summed E-state index contributed by atoms with van der Waals surface area (Å²) in [6.45, 7) is 0.0572. The molecule has 4 aromatic rings. The van der Waals surface area contributed by atoms with Crippen molar-refractivity contribution in [2.24, 2.45) is 0 Å². The molecule has 29 heavy (non-hydrogen) atoms. The molecule has 0 radical (unpaired) electrons. The highest BCUT2D eigenvalue weighted by Gasteiger charge is 2.44. The van der Waals surface area contributed by atoms with Crippen LogP contribution in [0.2, 0.25) is 0 Å². The van der Waals surface area contributed by atoms with Crippen LogP contribution in [-0.2, 0) is 4.74 Å². The van der Waals surface area contributed by atoms with Crippen LogP contribution in [-0.4, -0.2) is 59.6 Å². The van der Waals surface area contributed by atoms with Gasteiger partial charge in [-0.25, -0.2) is 19.9 Å². The van der Waals surface area contributed by atoms with Crippen molar-refractivity contribution in [1.29, 1.82) is 0 Å². The van der Waals surface area contributed by atoms with Crippen LogP contribution in [0, 0.1) is 0 Å². The third-order valence-corrected chi connectivity index (χ3v) is 5.04. The maximum atomic E-state index is 10.5. The minimum atomic E-state index is -1.15. The Bertz CT molecular complexity index is 1180. The Hall–Kier alpha value is -3.34. The van der Waals surface area contributed by atoms with Gasteiger partial charge in [-0.05, 0) is 18.2 Å². The number of aromatic nitrogens is 5. The normalized spacial score (nSPS) is 24.3. The first-order chi connectivity index (χ1) is 14.1. The lowest BCUT2D eigenvalue weighted by molar-refractivity contribution is -0.0471. The summed E-state index contributed by atoms with van der Waals surface area (Å²) in [7, 11) is 0. The van der Waals surface area contributed by atoms with Gasteiger partial charge in [0, 0.05) is 23.8 Å². The number of nitrogens with zero attached hydrogens (tertiary/aromatic N) is 5. The summed E-state index contributed by atoms with van der Waals surface area (Å²) in [5.41, 5.74) is 7.13. The molecule has 10 heteroatoms. The Morgan fingerprint density at radius 3 is 2.90 bits per heavy atom. The number of ether oxygens (including phenoxy) is 2. The number of fused-ring (bicyclic) bond motifs is 2. The van der Waals surface area contributed by atoms with Crippen LogP contribution in [0.25, 0.3) is 21.9 Å². The van der Waals surface area contributed by atoms with Gasteiger partial charge >= 0.3 is 0 Å². The maximum Gasteiger partial charge on any atom is 0.164 e. The van der Waals surface area contributed by atoms with E-state index in [2.05, 4.69) is 19.9 Å². The van der Waals surface area contributed by atoms with Crippen LogP contribution in [0.4, 0.5) is 5.82 Å². The molecular formula is C19H18N6O4. The Morgan fingerprint density at radius 2 is 2.00 bits per heavy atom. The molecule has 0 spiro atoms. The molecule has 0 amide bonds. The van der Waals surface area contributed by atoms with Crippen LogP contribution in [0.1, 0.15) is 6.23 Å². The monoisotopic (exact) mass is 394 g/mol. The Labute approximate surface area is 164 Å². The summed E-state index contributed by atoms with van der Waals surface area (Å²) in [5.74, 6) is 0.915. The Morgan fingerprint density at radius 1 is 1.10 bits per heavy atom. The molecular weight excluding hydrogens is 376 g/mol. The topological polar surface area (TPSA) is 141 Å². The molecule has 4 heterocycles. The zero-order valence-corrected chi connectivity index (χ0v) is 15.2. The molecule has 1 fully saturated rings. The summed E-state index contributed by atoms with van der Waals surface area (Å²) in [6.07, 6.45) is 2.39. The van der Waals surface area contributed by atoms with Gasteiger partial charge in [-0.15, -0.1) is 0 Å². The lowest BCUT2D eigenvalue weighted by Crippen LogP contribution is -2.34. The van der Waals surface area contributed by atoms with Gasteiger partial charge in [-0.2, -0.15) is 0 Å². The Balaban J connectivity index is 1.34. The van der Waals surface area contributed by atoms with Crippen LogP contribution < -0.4 is 10.5 Å². The summed E-state index contributed by atoms with van der Waals surface area (Å²) >= 11 is 0. The fourth-order valence-corrected chi connectivity index (χ4v) is 3.51.